The first-order valence-corrected chi connectivity index (χ1v) is 14.3. The first-order valence-electron chi connectivity index (χ1n) is 14.3. The molecule has 13 heteroatoms. The summed E-state index contributed by atoms with van der Waals surface area (Å²) in [7, 11) is 4.05. The van der Waals surface area contributed by atoms with Gasteiger partial charge in [-0.2, -0.15) is 0 Å². The fraction of sp³-hybridized carbons (Fsp3) is 0.536. The number of hydrogen-bond acceptors (Lipinski definition) is 9. The molecule has 12 nitrogen and oxygen atoms in total. The van der Waals surface area contributed by atoms with Crippen molar-refractivity contribution < 1.29 is 18.7 Å². The van der Waals surface area contributed by atoms with E-state index in [2.05, 4.69) is 41.2 Å². The molecule has 0 saturated heterocycles. The first kappa shape index (κ1) is 28.5. The van der Waals surface area contributed by atoms with Crippen molar-refractivity contribution in [2.75, 3.05) is 43.2 Å². The fourth-order valence-electron chi connectivity index (χ4n) is 4.91. The van der Waals surface area contributed by atoms with Crippen molar-refractivity contribution in [1.29, 1.82) is 0 Å². The van der Waals surface area contributed by atoms with E-state index in [-0.39, 0.29) is 29.6 Å². The molecule has 2 saturated carbocycles. The van der Waals surface area contributed by atoms with Gasteiger partial charge in [-0.15, -0.1) is 5.10 Å². The van der Waals surface area contributed by atoms with Gasteiger partial charge in [0.25, 0.3) is 5.91 Å². The quantitative estimate of drug-likeness (QED) is 0.240. The van der Waals surface area contributed by atoms with E-state index in [0.29, 0.717) is 24.1 Å². The number of nitrogens with zero attached hydrogens (tertiary/aromatic N) is 5. The topological polar surface area (TPSA) is 138 Å². The number of alkyl carbamates (subject to hydrolysis) is 1. The number of nitrogens with one attached hydrogen (secondary N) is 4. The van der Waals surface area contributed by atoms with Crippen LogP contribution >= 0.6 is 0 Å². The molecule has 2 amide bonds. The molecule has 0 aromatic carbocycles. The van der Waals surface area contributed by atoms with Gasteiger partial charge in [0.15, 0.2) is 17.2 Å². The molecule has 41 heavy (non-hydrogen) atoms. The Labute approximate surface area is 238 Å². The van der Waals surface area contributed by atoms with Crippen LogP contribution in [0.5, 0.6) is 0 Å². The molecule has 0 aliphatic heterocycles. The summed E-state index contributed by atoms with van der Waals surface area (Å²) in [6.07, 6.45) is 10.8. The highest BCUT2D eigenvalue weighted by molar-refractivity contribution is 6.03. The number of unbranched alkanes of at least 4 members (excludes halogenated alkanes) is 1. The maximum Gasteiger partial charge on any atom is 0.407 e. The molecule has 220 valence electrons. The number of carbonyl (C=O) groups excluding carboxylic acids is 2. The lowest BCUT2D eigenvalue weighted by atomic mass is 9.91. The molecule has 4 N–H and O–H groups in total. The lowest BCUT2D eigenvalue weighted by Gasteiger charge is -2.29. The lowest BCUT2D eigenvalue weighted by molar-refractivity contribution is 0.101. The number of carbonyl (C=O) groups is 2. The summed E-state index contributed by atoms with van der Waals surface area (Å²) in [5.41, 5.74) is 1.52. The molecule has 0 unspecified atom stereocenters. The van der Waals surface area contributed by atoms with Crippen molar-refractivity contribution >= 4 is 34.8 Å². The summed E-state index contributed by atoms with van der Waals surface area (Å²) in [6, 6.07) is 3.91. The monoisotopic (exact) mass is 567 g/mol. The van der Waals surface area contributed by atoms with Gasteiger partial charge in [-0.05, 0) is 78.1 Å². The van der Waals surface area contributed by atoms with E-state index in [1.54, 1.807) is 0 Å². The van der Waals surface area contributed by atoms with Gasteiger partial charge in [-0.3, -0.25) is 9.78 Å². The van der Waals surface area contributed by atoms with E-state index in [1.165, 1.54) is 23.0 Å². The zero-order valence-corrected chi connectivity index (χ0v) is 23.5. The predicted octanol–water partition coefficient (Wildman–Crippen LogP) is 3.88. The van der Waals surface area contributed by atoms with Crippen molar-refractivity contribution in [3.63, 3.8) is 0 Å². The van der Waals surface area contributed by atoms with E-state index in [1.807, 2.05) is 20.2 Å². The molecule has 0 atom stereocenters. The number of amides is 2. The Hall–Kier alpha value is -4.00. The molecular weight excluding hydrogens is 529 g/mol. The van der Waals surface area contributed by atoms with E-state index >= 15 is 0 Å². The van der Waals surface area contributed by atoms with Crippen molar-refractivity contribution in [3.05, 3.63) is 42.2 Å². The minimum absolute atomic E-state index is 0.0316. The zero-order valence-electron chi connectivity index (χ0n) is 23.5. The maximum absolute atomic E-state index is 14.1. The van der Waals surface area contributed by atoms with Crippen LogP contribution in [0, 0.1) is 5.82 Å². The molecular formula is C28H38FN9O3. The van der Waals surface area contributed by atoms with Gasteiger partial charge < -0.3 is 30.9 Å². The van der Waals surface area contributed by atoms with E-state index in [4.69, 9.17) is 4.74 Å². The van der Waals surface area contributed by atoms with Gasteiger partial charge in [0.2, 0.25) is 0 Å². The molecule has 3 heterocycles. The van der Waals surface area contributed by atoms with E-state index in [9.17, 15) is 14.0 Å². The van der Waals surface area contributed by atoms with Gasteiger partial charge in [0.1, 0.15) is 5.82 Å². The molecule has 3 aromatic rings. The van der Waals surface area contributed by atoms with Gasteiger partial charge in [-0.25, -0.2) is 18.7 Å². The maximum atomic E-state index is 14.1. The summed E-state index contributed by atoms with van der Waals surface area (Å²) in [5.74, 6) is -0.545. The Bertz CT molecular complexity index is 1350. The molecule has 0 bridgehead atoms. The number of anilines is 3. The van der Waals surface area contributed by atoms with Crippen molar-refractivity contribution in [1.82, 2.24) is 29.8 Å². The minimum Gasteiger partial charge on any atom is -0.450 e. The van der Waals surface area contributed by atoms with Crippen molar-refractivity contribution in [2.24, 2.45) is 0 Å². The van der Waals surface area contributed by atoms with Crippen LogP contribution in [0.25, 0.3) is 5.65 Å². The SMILES string of the molecule is CN(C)CCCCOC(=O)NC1CCC(Nc2cc(NC3CC3)c3ncc(C(=O)Nc4ccncc4F)n3n2)CC1. The van der Waals surface area contributed by atoms with Crippen LogP contribution < -0.4 is 21.3 Å². The Morgan fingerprint density at radius 3 is 2.49 bits per heavy atom. The normalized spacial score (nSPS) is 18.7. The third-order valence-corrected chi connectivity index (χ3v) is 7.29. The number of rotatable bonds is 12. The molecule has 0 spiro atoms. The third-order valence-electron chi connectivity index (χ3n) is 7.29. The second kappa shape index (κ2) is 13.1. The van der Waals surface area contributed by atoms with Crippen molar-refractivity contribution in [2.45, 2.75) is 69.5 Å². The average Bonchev–Trinajstić information content (AvgIpc) is 3.65. The molecule has 2 fully saturated rings. The number of imidazole rings is 1. The predicted molar refractivity (Wildman–Crippen MR) is 154 cm³/mol. The van der Waals surface area contributed by atoms with Crippen LogP contribution in [0.4, 0.5) is 26.4 Å². The van der Waals surface area contributed by atoms with Gasteiger partial charge >= 0.3 is 6.09 Å². The molecule has 3 aromatic heterocycles. The van der Waals surface area contributed by atoms with Crippen LogP contribution in [0.1, 0.15) is 61.9 Å². The number of hydrogen-bond donors (Lipinski definition) is 4. The minimum atomic E-state index is -0.626. The highest BCUT2D eigenvalue weighted by Gasteiger charge is 2.26. The second-order valence-corrected chi connectivity index (χ2v) is 11.0. The van der Waals surface area contributed by atoms with Gasteiger partial charge in [0, 0.05) is 30.4 Å². The van der Waals surface area contributed by atoms with Crippen LogP contribution in [-0.2, 0) is 4.74 Å². The molecule has 5 rings (SSSR count). The Morgan fingerprint density at radius 2 is 1.76 bits per heavy atom. The summed E-state index contributed by atoms with van der Waals surface area (Å²) in [5, 5.41) is 17.2. The van der Waals surface area contributed by atoms with E-state index in [0.717, 1.165) is 69.8 Å². The molecule has 2 aliphatic rings. The lowest BCUT2D eigenvalue weighted by Crippen LogP contribution is -2.40. The van der Waals surface area contributed by atoms with Crippen LogP contribution in [0.15, 0.2) is 30.7 Å². The average molecular weight is 568 g/mol. The molecule has 2 aliphatic carbocycles. The Balaban J connectivity index is 1.19. The first-order chi connectivity index (χ1) is 19.9. The van der Waals surface area contributed by atoms with Crippen molar-refractivity contribution in [3.8, 4) is 0 Å². The number of halogens is 1. The fourth-order valence-corrected chi connectivity index (χ4v) is 4.91. The standard InChI is InChI=1S/C28H38FN9O3/c1-37(2)13-3-4-14-41-28(40)34-20-9-7-19(8-10-20)33-25-15-23(32-18-5-6-18)26-31-17-24(38(26)36-25)27(39)35-22-11-12-30-16-21(22)29/h11-12,15-20,32H,3-10,13-14H2,1-2H3,(H,33,36)(H,34,40)(H,30,35,39). The summed E-state index contributed by atoms with van der Waals surface area (Å²) in [6.45, 7) is 1.40. The van der Waals surface area contributed by atoms with Crippen LogP contribution in [-0.4, -0.2) is 81.9 Å². The summed E-state index contributed by atoms with van der Waals surface area (Å²) in [4.78, 5) is 35.5. The second-order valence-electron chi connectivity index (χ2n) is 11.0. The molecule has 0 radical (unpaired) electrons. The number of aromatic nitrogens is 4. The van der Waals surface area contributed by atoms with Crippen LogP contribution in [0.2, 0.25) is 0 Å². The largest absolute Gasteiger partial charge is 0.450 e. The number of ether oxygens (including phenoxy) is 1. The summed E-state index contributed by atoms with van der Waals surface area (Å²) >= 11 is 0. The third kappa shape index (κ3) is 7.81. The number of pyridine rings is 1. The zero-order chi connectivity index (χ0) is 28.8. The van der Waals surface area contributed by atoms with E-state index < -0.39 is 11.7 Å². The Morgan fingerprint density at radius 1 is 1.02 bits per heavy atom. The van der Waals surface area contributed by atoms with Gasteiger partial charge in [-0.1, -0.05) is 0 Å². The Kier molecular flexibility index (Phi) is 9.12. The van der Waals surface area contributed by atoms with Gasteiger partial charge in [0.05, 0.1) is 30.4 Å². The highest BCUT2D eigenvalue weighted by Crippen LogP contribution is 2.30. The number of fused-ring (bicyclic) bond motifs is 1. The highest BCUT2D eigenvalue weighted by atomic mass is 19.1. The smallest absolute Gasteiger partial charge is 0.407 e. The van der Waals surface area contributed by atoms with Crippen LogP contribution in [0.3, 0.4) is 0 Å². The summed E-state index contributed by atoms with van der Waals surface area (Å²) < 4.78 is 20.9.